The molecule has 2 aromatic rings. The molecule has 2 rings (SSSR count). The molecule has 0 fully saturated rings. The third-order valence-electron chi connectivity index (χ3n) is 2.23. The molecular weight excluding hydrogens is 314 g/mol. The summed E-state index contributed by atoms with van der Waals surface area (Å²) < 4.78 is 0.889. The van der Waals surface area contributed by atoms with Crippen molar-refractivity contribution in [3.8, 4) is 6.07 Å². The zero-order valence-electron chi connectivity index (χ0n) is 9.11. The number of hydrogen-bond donors (Lipinski definition) is 2. The number of nitrogen functional groups attached to an aromatic ring is 1. The lowest BCUT2D eigenvalue weighted by Gasteiger charge is -2.06. The monoisotopic (exact) mass is 321 g/mol. The van der Waals surface area contributed by atoms with E-state index in [1.54, 1.807) is 18.2 Å². The van der Waals surface area contributed by atoms with Gasteiger partial charge in [0.15, 0.2) is 0 Å². The highest BCUT2D eigenvalue weighted by molar-refractivity contribution is 9.11. The fourth-order valence-electron chi connectivity index (χ4n) is 1.37. The number of hydrogen-bond acceptors (Lipinski definition) is 4. The molecule has 1 aromatic carbocycles. The average molecular weight is 322 g/mol. The normalized spacial score (nSPS) is 9.78. The van der Waals surface area contributed by atoms with Gasteiger partial charge in [-0.05, 0) is 46.3 Å². The molecule has 0 radical (unpaired) electrons. The van der Waals surface area contributed by atoms with Gasteiger partial charge in [-0.2, -0.15) is 5.26 Å². The third kappa shape index (κ3) is 2.70. The van der Waals surface area contributed by atoms with Gasteiger partial charge in [-0.15, -0.1) is 11.3 Å². The zero-order valence-corrected chi connectivity index (χ0v) is 11.5. The van der Waals surface area contributed by atoms with Gasteiger partial charge in [0.05, 0.1) is 31.7 Å². The van der Waals surface area contributed by atoms with Gasteiger partial charge in [0.25, 0.3) is 5.91 Å². The molecule has 6 heteroatoms. The van der Waals surface area contributed by atoms with Crippen LogP contribution in [0, 0.1) is 11.3 Å². The van der Waals surface area contributed by atoms with E-state index in [1.807, 2.05) is 12.1 Å². The second-order valence-electron chi connectivity index (χ2n) is 3.47. The lowest BCUT2D eigenvalue weighted by Crippen LogP contribution is -2.11. The second-order valence-corrected chi connectivity index (χ2v) is 5.93. The quantitative estimate of drug-likeness (QED) is 0.833. The number of thiophene rings is 1. The van der Waals surface area contributed by atoms with E-state index >= 15 is 0 Å². The number of nitrogens with two attached hydrogens (primary N) is 1. The maximum absolute atomic E-state index is 11.9. The van der Waals surface area contributed by atoms with E-state index in [9.17, 15) is 4.79 Å². The van der Waals surface area contributed by atoms with Crippen molar-refractivity contribution in [1.29, 1.82) is 5.26 Å². The highest BCUT2D eigenvalue weighted by Gasteiger charge is 2.10. The molecule has 1 heterocycles. The molecule has 0 atom stereocenters. The summed E-state index contributed by atoms with van der Waals surface area (Å²) in [6, 6.07) is 10.3. The number of anilines is 2. The Balaban J connectivity index is 2.20. The summed E-state index contributed by atoms with van der Waals surface area (Å²) in [6.45, 7) is 0. The molecule has 4 nitrogen and oxygen atoms in total. The lowest BCUT2D eigenvalue weighted by atomic mass is 10.2. The molecule has 1 aromatic heterocycles. The molecule has 0 aliphatic carbocycles. The van der Waals surface area contributed by atoms with Crippen LogP contribution in [0.1, 0.15) is 15.2 Å². The average Bonchev–Trinajstić information content (AvgIpc) is 2.78. The Bertz CT molecular complexity index is 645. The van der Waals surface area contributed by atoms with Crippen molar-refractivity contribution in [3.63, 3.8) is 0 Å². The number of nitrogens with one attached hydrogen (secondary N) is 1. The SMILES string of the molecule is N#Cc1ccc(NC(=O)c2ccc(Br)s2)c(N)c1. The molecular formula is C12H8BrN3OS. The maximum Gasteiger partial charge on any atom is 0.265 e. The minimum absolute atomic E-state index is 0.220. The number of benzene rings is 1. The molecule has 0 saturated heterocycles. The van der Waals surface area contributed by atoms with Crippen molar-refractivity contribution in [3.05, 3.63) is 44.6 Å². The third-order valence-corrected chi connectivity index (χ3v) is 3.85. The molecule has 0 spiro atoms. The topological polar surface area (TPSA) is 78.9 Å². The van der Waals surface area contributed by atoms with Gasteiger partial charge < -0.3 is 11.1 Å². The van der Waals surface area contributed by atoms with Crippen LogP contribution in [0.15, 0.2) is 34.1 Å². The summed E-state index contributed by atoms with van der Waals surface area (Å²) in [5.74, 6) is -0.220. The Labute approximate surface area is 116 Å². The van der Waals surface area contributed by atoms with Crippen molar-refractivity contribution in [2.45, 2.75) is 0 Å². The van der Waals surface area contributed by atoms with Gasteiger partial charge in [-0.3, -0.25) is 4.79 Å². The number of amides is 1. The highest BCUT2D eigenvalue weighted by Crippen LogP contribution is 2.25. The van der Waals surface area contributed by atoms with Crippen molar-refractivity contribution >= 4 is 44.5 Å². The summed E-state index contributed by atoms with van der Waals surface area (Å²) in [4.78, 5) is 12.5. The van der Waals surface area contributed by atoms with Gasteiger partial charge in [0.2, 0.25) is 0 Å². The van der Waals surface area contributed by atoms with Crippen LogP contribution in [-0.4, -0.2) is 5.91 Å². The Hall–Kier alpha value is -1.84. The van der Waals surface area contributed by atoms with Gasteiger partial charge in [-0.25, -0.2) is 0 Å². The van der Waals surface area contributed by atoms with E-state index in [0.29, 0.717) is 21.8 Å². The second kappa shape index (κ2) is 5.21. The van der Waals surface area contributed by atoms with Crippen LogP contribution in [-0.2, 0) is 0 Å². The van der Waals surface area contributed by atoms with Crippen LogP contribution in [0.4, 0.5) is 11.4 Å². The highest BCUT2D eigenvalue weighted by atomic mass is 79.9. The molecule has 0 aliphatic rings. The van der Waals surface area contributed by atoms with Crippen LogP contribution in [0.25, 0.3) is 0 Å². The smallest absolute Gasteiger partial charge is 0.265 e. The van der Waals surface area contributed by atoms with E-state index in [2.05, 4.69) is 21.2 Å². The largest absolute Gasteiger partial charge is 0.397 e. The predicted molar refractivity (Wildman–Crippen MR) is 75.5 cm³/mol. The van der Waals surface area contributed by atoms with Crippen LogP contribution < -0.4 is 11.1 Å². The molecule has 0 bridgehead atoms. The number of nitrogens with zero attached hydrogens (tertiary/aromatic N) is 1. The van der Waals surface area contributed by atoms with Crippen molar-refractivity contribution in [1.82, 2.24) is 0 Å². The Kier molecular flexibility index (Phi) is 3.65. The minimum Gasteiger partial charge on any atom is -0.397 e. The van der Waals surface area contributed by atoms with E-state index in [4.69, 9.17) is 11.0 Å². The summed E-state index contributed by atoms with van der Waals surface area (Å²) in [6.07, 6.45) is 0. The predicted octanol–water partition coefficient (Wildman–Crippen LogP) is 3.22. The minimum atomic E-state index is -0.220. The molecule has 0 aliphatic heterocycles. The molecule has 1 amide bonds. The Morgan fingerprint density at radius 1 is 1.39 bits per heavy atom. The molecule has 18 heavy (non-hydrogen) atoms. The van der Waals surface area contributed by atoms with Crippen LogP contribution in [0.5, 0.6) is 0 Å². The summed E-state index contributed by atoms with van der Waals surface area (Å²) >= 11 is 4.64. The summed E-state index contributed by atoms with van der Waals surface area (Å²) in [5.41, 5.74) is 7.10. The fourth-order valence-corrected chi connectivity index (χ4v) is 2.65. The van der Waals surface area contributed by atoms with Crippen molar-refractivity contribution < 1.29 is 4.79 Å². The van der Waals surface area contributed by atoms with Gasteiger partial charge >= 0.3 is 0 Å². The van der Waals surface area contributed by atoms with Crippen molar-refractivity contribution in [2.75, 3.05) is 11.1 Å². The lowest BCUT2D eigenvalue weighted by molar-refractivity contribution is 0.103. The van der Waals surface area contributed by atoms with Gasteiger partial charge in [0, 0.05) is 0 Å². The van der Waals surface area contributed by atoms with Crippen molar-refractivity contribution in [2.24, 2.45) is 0 Å². The first-order valence-corrected chi connectivity index (χ1v) is 6.57. The number of carbonyl (C=O) groups is 1. The molecule has 3 N–H and O–H groups in total. The van der Waals surface area contributed by atoms with Crippen LogP contribution in [0.2, 0.25) is 0 Å². The summed E-state index contributed by atoms with van der Waals surface area (Å²) in [5, 5.41) is 11.4. The van der Waals surface area contributed by atoms with E-state index in [-0.39, 0.29) is 5.91 Å². The van der Waals surface area contributed by atoms with Crippen LogP contribution >= 0.6 is 27.3 Å². The molecule has 0 saturated carbocycles. The number of rotatable bonds is 2. The van der Waals surface area contributed by atoms with Gasteiger partial charge in [0.1, 0.15) is 0 Å². The standard InChI is InChI=1S/C12H8BrN3OS/c13-11-4-3-10(18-11)12(17)16-9-2-1-7(6-14)5-8(9)15/h1-5H,15H2,(H,16,17). The molecule has 0 unspecified atom stereocenters. The number of carbonyl (C=O) groups excluding carboxylic acids is 1. The van der Waals surface area contributed by atoms with Gasteiger partial charge in [-0.1, -0.05) is 0 Å². The zero-order chi connectivity index (χ0) is 13.1. The van der Waals surface area contributed by atoms with Crippen LogP contribution in [0.3, 0.4) is 0 Å². The first-order chi connectivity index (χ1) is 8.60. The maximum atomic E-state index is 11.9. The summed E-state index contributed by atoms with van der Waals surface area (Å²) in [7, 11) is 0. The number of nitriles is 1. The number of halogens is 1. The first-order valence-electron chi connectivity index (χ1n) is 4.96. The Morgan fingerprint density at radius 2 is 2.17 bits per heavy atom. The molecule has 90 valence electrons. The first kappa shape index (κ1) is 12.6. The van der Waals surface area contributed by atoms with E-state index < -0.39 is 0 Å². The fraction of sp³-hybridized carbons (Fsp3) is 0. The van der Waals surface area contributed by atoms with E-state index in [0.717, 1.165) is 3.79 Å². The van der Waals surface area contributed by atoms with E-state index in [1.165, 1.54) is 17.4 Å². The Morgan fingerprint density at radius 3 is 2.72 bits per heavy atom.